The lowest BCUT2D eigenvalue weighted by molar-refractivity contribution is 0.281. The van der Waals surface area contributed by atoms with Crippen molar-refractivity contribution >= 4 is 0 Å². The van der Waals surface area contributed by atoms with Gasteiger partial charge < -0.3 is 5.11 Å². The minimum atomic E-state index is 0.117. The number of hydrogen-bond donors (Lipinski definition) is 1. The lowest BCUT2D eigenvalue weighted by atomic mass is 9.95. The van der Waals surface area contributed by atoms with Gasteiger partial charge in [-0.3, -0.25) is 0 Å². The van der Waals surface area contributed by atoms with E-state index in [1.807, 2.05) is 19.1 Å². The standard InChI is InChI=1S/C11H15O/c1-8(2)11-6-4-5-10(7-12)9(11)3/h4-6,8,12H,1,7H2,2-3H3. The van der Waals surface area contributed by atoms with Crippen molar-refractivity contribution in [2.45, 2.75) is 26.4 Å². The normalized spacial score (nSPS) is 10.8. The predicted octanol–water partition coefficient (Wildman–Crippen LogP) is 2.42. The average Bonchev–Trinajstić information content (AvgIpc) is 2.04. The van der Waals surface area contributed by atoms with Crippen molar-refractivity contribution in [3.63, 3.8) is 0 Å². The molecule has 1 N–H and O–H groups in total. The molecule has 1 rings (SSSR count). The summed E-state index contributed by atoms with van der Waals surface area (Å²) in [4.78, 5) is 0. The Balaban J connectivity index is 3.14. The van der Waals surface area contributed by atoms with E-state index < -0.39 is 0 Å². The molecule has 0 aliphatic carbocycles. The van der Waals surface area contributed by atoms with Crippen molar-refractivity contribution in [3.05, 3.63) is 41.8 Å². The Morgan fingerprint density at radius 1 is 1.50 bits per heavy atom. The average molecular weight is 163 g/mol. The van der Waals surface area contributed by atoms with Crippen LogP contribution in [-0.4, -0.2) is 5.11 Å². The molecule has 1 aromatic carbocycles. The molecule has 0 fully saturated rings. The summed E-state index contributed by atoms with van der Waals surface area (Å²) in [5.74, 6) is 0.288. The van der Waals surface area contributed by atoms with Gasteiger partial charge in [0.2, 0.25) is 0 Å². The van der Waals surface area contributed by atoms with Crippen molar-refractivity contribution in [1.82, 2.24) is 0 Å². The van der Waals surface area contributed by atoms with Crippen LogP contribution in [0.4, 0.5) is 0 Å². The maximum atomic E-state index is 9.00. The largest absolute Gasteiger partial charge is 0.392 e. The van der Waals surface area contributed by atoms with Crippen molar-refractivity contribution < 1.29 is 5.11 Å². The summed E-state index contributed by atoms with van der Waals surface area (Å²) < 4.78 is 0. The molecule has 1 nitrogen and oxygen atoms in total. The SMILES string of the molecule is [CH2]C(C)c1cccc(CO)c1C. The first-order valence-electron chi connectivity index (χ1n) is 4.19. The molecule has 0 amide bonds. The third-order valence-electron chi connectivity index (χ3n) is 2.19. The predicted molar refractivity (Wildman–Crippen MR) is 50.9 cm³/mol. The second kappa shape index (κ2) is 3.72. The van der Waals surface area contributed by atoms with Gasteiger partial charge in [0.15, 0.2) is 0 Å². The van der Waals surface area contributed by atoms with Crippen LogP contribution in [0.3, 0.4) is 0 Å². The van der Waals surface area contributed by atoms with Gasteiger partial charge in [0.05, 0.1) is 6.61 Å². The molecule has 65 valence electrons. The first kappa shape index (κ1) is 9.27. The Labute approximate surface area is 74.1 Å². The van der Waals surface area contributed by atoms with Crippen LogP contribution in [0.2, 0.25) is 0 Å². The van der Waals surface area contributed by atoms with Crippen LogP contribution in [0.15, 0.2) is 18.2 Å². The van der Waals surface area contributed by atoms with E-state index in [0.29, 0.717) is 0 Å². The zero-order chi connectivity index (χ0) is 9.14. The lowest BCUT2D eigenvalue weighted by Gasteiger charge is -2.11. The summed E-state index contributed by atoms with van der Waals surface area (Å²) in [6.07, 6.45) is 0. The van der Waals surface area contributed by atoms with Crippen molar-refractivity contribution in [2.24, 2.45) is 0 Å². The fourth-order valence-corrected chi connectivity index (χ4v) is 1.41. The number of benzene rings is 1. The van der Waals surface area contributed by atoms with Crippen LogP contribution in [0, 0.1) is 13.8 Å². The van der Waals surface area contributed by atoms with Gasteiger partial charge in [-0.15, -0.1) is 0 Å². The second-order valence-electron chi connectivity index (χ2n) is 3.19. The molecule has 1 unspecified atom stereocenters. The molecular formula is C11H15O. The Bertz CT molecular complexity index is 264. The minimum absolute atomic E-state index is 0.117. The number of rotatable bonds is 2. The minimum Gasteiger partial charge on any atom is -0.392 e. The molecule has 12 heavy (non-hydrogen) atoms. The highest BCUT2D eigenvalue weighted by molar-refractivity contribution is 5.36. The third kappa shape index (κ3) is 1.67. The van der Waals surface area contributed by atoms with Gasteiger partial charge >= 0.3 is 0 Å². The molecule has 0 saturated carbocycles. The zero-order valence-electron chi connectivity index (χ0n) is 7.67. The highest BCUT2D eigenvalue weighted by atomic mass is 16.3. The van der Waals surface area contributed by atoms with E-state index in [-0.39, 0.29) is 12.5 Å². The summed E-state index contributed by atoms with van der Waals surface area (Å²) in [7, 11) is 0. The van der Waals surface area contributed by atoms with Gasteiger partial charge in [-0.25, -0.2) is 0 Å². The van der Waals surface area contributed by atoms with Gasteiger partial charge in [0.25, 0.3) is 0 Å². The summed E-state index contributed by atoms with van der Waals surface area (Å²) in [6, 6.07) is 5.98. The summed E-state index contributed by atoms with van der Waals surface area (Å²) in [5.41, 5.74) is 3.40. The van der Waals surface area contributed by atoms with E-state index in [0.717, 1.165) is 5.56 Å². The van der Waals surface area contributed by atoms with Crippen molar-refractivity contribution in [3.8, 4) is 0 Å². The van der Waals surface area contributed by atoms with E-state index in [2.05, 4.69) is 19.9 Å². The summed E-state index contributed by atoms with van der Waals surface area (Å²) in [5, 5.41) is 9.00. The molecule has 0 saturated heterocycles. The van der Waals surface area contributed by atoms with Gasteiger partial charge in [-0.1, -0.05) is 25.1 Å². The van der Waals surface area contributed by atoms with Gasteiger partial charge in [0, 0.05) is 0 Å². The smallest absolute Gasteiger partial charge is 0.0684 e. The Kier molecular flexibility index (Phi) is 2.88. The van der Waals surface area contributed by atoms with Crippen LogP contribution in [0.25, 0.3) is 0 Å². The van der Waals surface area contributed by atoms with Crippen LogP contribution in [0.5, 0.6) is 0 Å². The fourth-order valence-electron chi connectivity index (χ4n) is 1.41. The maximum absolute atomic E-state index is 9.00. The first-order chi connectivity index (χ1) is 5.66. The van der Waals surface area contributed by atoms with Crippen LogP contribution >= 0.6 is 0 Å². The fraction of sp³-hybridized carbons (Fsp3) is 0.364. The Morgan fingerprint density at radius 3 is 2.67 bits per heavy atom. The number of aliphatic hydroxyl groups excluding tert-OH is 1. The molecule has 0 spiro atoms. The second-order valence-corrected chi connectivity index (χ2v) is 3.19. The number of hydrogen-bond acceptors (Lipinski definition) is 1. The maximum Gasteiger partial charge on any atom is 0.0684 e. The van der Waals surface area contributed by atoms with E-state index in [9.17, 15) is 0 Å². The van der Waals surface area contributed by atoms with Crippen LogP contribution in [-0.2, 0) is 6.61 Å². The van der Waals surface area contributed by atoms with Crippen LogP contribution in [0.1, 0.15) is 29.5 Å². The molecule has 1 atom stereocenters. The summed E-state index contributed by atoms with van der Waals surface area (Å²) in [6.45, 7) is 8.17. The molecule has 1 radical (unpaired) electrons. The lowest BCUT2D eigenvalue weighted by Crippen LogP contribution is -1.96. The molecular weight excluding hydrogens is 148 g/mol. The van der Waals surface area contributed by atoms with Crippen molar-refractivity contribution in [1.29, 1.82) is 0 Å². The molecule has 0 bridgehead atoms. The van der Waals surface area contributed by atoms with E-state index in [1.54, 1.807) is 0 Å². The first-order valence-corrected chi connectivity index (χ1v) is 4.19. The van der Waals surface area contributed by atoms with Crippen molar-refractivity contribution in [2.75, 3.05) is 0 Å². The molecule has 1 aromatic rings. The highest BCUT2D eigenvalue weighted by Gasteiger charge is 2.05. The monoisotopic (exact) mass is 163 g/mol. The zero-order valence-corrected chi connectivity index (χ0v) is 7.67. The molecule has 0 heterocycles. The van der Waals surface area contributed by atoms with Gasteiger partial charge in [0.1, 0.15) is 0 Å². The molecule has 0 aliphatic rings. The quantitative estimate of drug-likeness (QED) is 0.710. The van der Waals surface area contributed by atoms with E-state index >= 15 is 0 Å². The van der Waals surface area contributed by atoms with E-state index in [4.69, 9.17) is 5.11 Å². The van der Waals surface area contributed by atoms with E-state index in [1.165, 1.54) is 11.1 Å². The number of aliphatic hydroxyl groups is 1. The topological polar surface area (TPSA) is 20.2 Å². The Hall–Kier alpha value is -0.820. The third-order valence-corrected chi connectivity index (χ3v) is 2.19. The van der Waals surface area contributed by atoms with Gasteiger partial charge in [-0.2, -0.15) is 0 Å². The highest BCUT2D eigenvalue weighted by Crippen LogP contribution is 2.21. The molecule has 0 aromatic heterocycles. The molecule has 0 aliphatic heterocycles. The summed E-state index contributed by atoms with van der Waals surface area (Å²) >= 11 is 0. The Morgan fingerprint density at radius 2 is 2.17 bits per heavy atom. The van der Waals surface area contributed by atoms with Crippen LogP contribution < -0.4 is 0 Å². The molecule has 1 heteroatoms. The van der Waals surface area contributed by atoms with Gasteiger partial charge in [-0.05, 0) is 36.5 Å².